The van der Waals surface area contributed by atoms with Gasteiger partial charge < -0.3 is 10.2 Å². The molecule has 1 fully saturated rings. The number of carboxylic acids is 1. The van der Waals surface area contributed by atoms with Crippen molar-refractivity contribution in [3.8, 4) is 0 Å². The smallest absolute Gasteiger partial charge is 0.303 e. The summed E-state index contributed by atoms with van der Waals surface area (Å²) in [6, 6.07) is 0. The summed E-state index contributed by atoms with van der Waals surface area (Å²) < 4.78 is 0. The Morgan fingerprint density at radius 3 is 2.57 bits per heavy atom. The SMILES string of the molecule is CCCCCC(O)C1CC1CC/C=C\CCCCCCC(=O)O. The molecule has 2 N–H and O–H groups in total. The second-order valence-corrected chi connectivity index (χ2v) is 7.12. The second kappa shape index (κ2) is 12.6. The third-order valence-corrected chi connectivity index (χ3v) is 4.96. The Kier molecular flexibility index (Phi) is 11.1. The lowest BCUT2D eigenvalue weighted by molar-refractivity contribution is -0.137. The number of aliphatic carboxylic acids is 1. The lowest BCUT2D eigenvalue weighted by Gasteiger charge is -2.09. The fraction of sp³-hybridized carbons (Fsp3) is 0.850. The van der Waals surface area contributed by atoms with Gasteiger partial charge in [-0.3, -0.25) is 4.79 Å². The first-order valence-electron chi connectivity index (χ1n) is 9.70. The lowest BCUT2D eigenvalue weighted by Crippen LogP contribution is -2.10. The fourth-order valence-electron chi connectivity index (χ4n) is 3.33. The highest BCUT2D eigenvalue weighted by Crippen LogP contribution is 2.45. The van der Waals surface area contributed by atoms with Gasteiger partial charge in [0.25, 0.3) is 0 Å². The maximum atomic E-state index is 10.4. The number of unbranched alkanes of at least 4 members (excludes halogenated alkanes) is 6. The highest BCUT2D eigenvalue weighted by molar-refractivity contribution is 5.66. The molecule has 0 aromatic heterocycles. The Morgan fingerprint density at radius 2 is 1.83 bits per heavy atom. The van der Waals surface area contributed by atoms with Crippen molar-refractivity contribution in [3.63, 3.8) is 0 Å². The quantitative estimate of drug-likeness (QED) is 0.316. The van der Waals surface area contributed by atoms with Gasteiger partial charge in [0, 0.05) is 6.42 Å². The molecule has 0 amide bonds. The first kappa shape index (κ1) is 20.2. The monoisotopic (exact) mass is 324 g/mol. The van der Waals surface area contributed by atoms with Crippen molar-refractivity contribution < 1.29 is 15.0 Å². The van der Waals surface area contributed by atoms with Crippen LogP contribution in [0.5, 0.6) is 0 Å². The predicted molar refractivity (Wildman–Crippen MR) is 95.5 cm³/mol. The summed E-state index contributed by atoms with van der Waals surface area (Å²) in [5, 5.41) is 18.7. The molecular formula is C20H36O3. The first-order chi connectivity index (χ1) is 11.1. The molecule has 0 bridgehead atoms. The fourth-order valence-corrected chi connectivity index (χ4v) is 3.33. The topological polar surface area (TPSA) is 57.5 Å². The molecule has 23 heavy (non-hydrogen) atoms. The van der Waals surface area contributed by atoms with Gasteiger partial charge in [0.15, 0.2) is 0 Å². The summed E-state index contributed by atoms with van der Waals surface area (Å²) in [7, 11) is 0. The molecule has 0 saturated heterocycles. The molecule has 0 radical (unpaired) electrons. The van der Waals surface area contributed by atoms with E-state index in [4.69, 9.17) is 5.11 Å². The number of allylic oxidation sites excluding steroid dienone is 2. The minimum Gasteiger partial charge on any atom is -0.481 e. The summed E-state index contributed by atoms with van der Waals surface area (Å²) in [4.78, 5) is 10.4. The zero-order chi connectivity index (χ0) is 16.9. The largest absolute Gasteiger partial charge is 0.481 e. The van der Waals surface area contributed by atoms with Crippen molar-refractivity contribution in [2.75, 3.05) is 0 Å². The van der Waals surface area contributed by atoms with Gasteiger partial charge in [-0.25, -0.2) is 0 Å². The standard InChI is InChI=1S/C20H36O3/c1-2-3-10-14-19(21)18-16-17(18)13-11-8-6-4-5-7-9-12-15-20(22)23/h6,8,17-19,21H,2-5,7,9-16H2,1H3,(H,22,23)/b8-6-. The van der Waals surface area contributed by atoms with Gasteiger partial charge in [-0.1, -0.05) is 51.2 Å². The van der Waals surface area contributed by atoms with E-state index in [0.29, 0.717) is 12.3 Å². The number of hydrogen-bond donors (Lipinski definition) is 2. The average molecular weight is 325 g/mol. The van der Waals surface area contributed by atoms with E-state index in [0.717, 1.165) is 50.9 Å². The first-order valence-corrected chi connectivity index (χ1v) is 9.70. The number of carboxylic acid groups (broad SMARTS) is 1. The number of hydrogen-bond acceptors (Lipinski definition) is 2. The molecule has 0 aromatic carbocycles. The van der Waals surface area contributed by atoms with Gasteiger partial charge in [-0.2, -0.15) is 0 Å². The Balaban J connectivity index is 1.88. The van der Waals surface area contributed by atoms with E-state index >= 15 is 0 Å². The molecule has 0 aliphatic heterocycles. The predicted octanol–water partition coefficient (Wildman–Crippen LogP) is 5.33. The Morgan fingerprint density at radius 1 is 1.09 bits per heavy atom. The van der Waals surface area contributed by atoms with Gasteiger partial charge in [0.1, 0.15) is 0 Å². The summed E-state index contributed by atoms with van der Waals surface area (Å²) >= 11 is 0. The number of aliphatic hydroxyl groups excluding tert-OH is 1. The molecule has 134 valence electrons. The van der Waals surface area contributed by atoms with E-state index in [2.05, 4.69) is 19.1 Å². The van der Waals surface area contributed by atoms with E-state index in [-0.39, 0.29) is 6.10 Å². The Hall–Kier alpha value is -0.830. The van der Waals surface area contributed by atoms with Crippen LogP contribution < -0.4 is 0 Å². The van der Waals surface area contributed by atoms with E-state index in [1.54, 1.807) is 0 Å². The molecular weight excluding hydrogens is 288 g/mol. The molecule has 0 spiro atoms. The molecule has 3 atom stereocenters. The van der Waals surface area contributed by atoms with Crippen LogP contribution in [0.25, 0.3) is 0 Å². The van der Waals surface area contributed by atoms with Crippen molar-refractivity contribution in [2.24, 2.45) is 11.8 Å². The van der Waals surface area contributed by atoms with Crippen LogP contribution in [-0.2, 0) is 4.79 Å². The molecule has 0 aromatic rings. The third-order valence-electron chi connectivity index (χ3n) is 4.96. The van der Waals surface area contributed by atoms with Crippen molar-refractivity contribution in [1.29, 1.82) is 0 Å². The van der Waals surface area contributed by atoms with Crippen LogP contribution in [0.15, 0.2) is 12.2 Å². The molecule has 3 heteroatoms. The molecule has 1 rings (SSSR count). The maximum Gasteiger partial charge on any atom is 0.303 e. The zero-order valence-corrected chi connectivity index (χ0v) is 14.9. The third kappa shape index (κ3) is 10.5. The van der Waals surface area contributed by atoms with Crippen molar-refractivity contribution in [2.45, 2.75) is 96.5 Å². The molecule has 1 saturated carbocycles. The molecule has 0 heterocycles. The molecule has 1 aliphatic rings. The lowest BCUT2D eigenvalue weighted by atomic mass is 10.0. The van der Waals surface area contributed by atoms with Crippen LogP contribution in [0.2, 0.25) is 0 Å². The average Bonchev–Trinajstić information content (AvgIpc) is 3.28. The summed E-state index contributed by atoms with van der Waals surface area (Å²) in [6.45, 7) is 2.20. The van der Waals surface area contributed by atoms with E-state index in [9.17, 15) is 9.90 Å². The summed E-state index contributed by atoms with van der Waals surface area (Å²) in [5.74, 6) is 0.653. The van der Waals surface area contributed by atoms with Crippen molar-refractivity contribution in [3.05, 3.63) is 12.2 Å². The van der Waals surface area contributed by atoms with Crippen LogP contribution in [0.3, 0.4) is 0 Å². The molecule has 1 aliphatic carbocycles. The van der Waals surface area contributed by atoms with E-state index in [1.807, 2.05) is 0 Å². The van der Waals surface area contributed by atoms with Crippen LogP contribution in [-0.4, -0.2) is 22.3 Å². The number of aliphatic hydroxyl groups is 1. The van der Waals surface area contributed by atoms with Gasteiger partial charge in [0.05, 0.1) is 6.10 Å². The Bertz CT molecular complexity index is 338. The minimum atomic E-state index is -0.682. The van der Waals surface area contributed by atoms with Gasteiger partial charge >= 0.3 is 5.97 Å². The molecule has 3 unspecified atom stereocenters. The maximum absolute atomic E-state index is 10.4. The Labute approximate surface area is 142 Å². The van der Waals surface area contributed by atoms with Gasteiger partial charge in [0.2, 0.25) is 0 Å². The van der Waals surface area contributed by atoms with Crippen LogP contribution in [0, 0.1) is 11.8 Å². The zero-order valence-electron chi connectivity index (χ0n) is 14.9. The van der Waals surface area contributed by atoms with Crippen molar-refractivity contribution >= 4 is 5.97 Å². The highest BCUT2D eigenvalue weighted by Gasteiger charge is 2.40. The van der Waals surface area contributed by atoms with Gasteiger partial charge in [-0.15, -0.1) is 0 Å². The summed E-state index contributed by atoms with van der Waals surface area (Å²) in [6.07, 6.45) is 18.3. The summed E-state index contributed by atoms with van der Waals surface area (Å²) in [5.41, 5.74) is 0. The highest BCUT2D eigenvalue weighted by atomic mass is 16.4. The number of rotatable bonds is 15. The minimum absolute atomic E-state index is 0.0543. The van der Waals surface area contributed by atoms with Crippen LogP contribution in [0.4, 0.5) is 0 Å². The van der Waals surface area contributed by atoms with Crippen LogP contribution >= 0.6 is 0 Å². The van der Waals surface area contributed by atoms with E-state index < -0.39 is 5.97 Å². The normalized spacial score (nSPS) is 21.7. The van der Waals surface area contributed by atoms with Crippen molar-refractivity contribution in [1.82, 2.24) is 0 Å². The number of carbonyl (C=O) groups is 1. The second-order valence-electron chi connectivity index (χ2n) is 7.12. The van der Waals surface area contributed by atoms with Crippen LogP contribution in [0.1, 0.15) is 90.4 Å². The van der Waals surface area contributed by atoms with Gasteiger partial charge in [-0.05, 0) is 56.8 Å². The molecule has 3 nitrogen and oxygen atoms in total. The van der Waals surface area contributed by atoms with E-state index in [1.165, 1.54) is 32.1 Å².